The summed E-state index contributed by atoms with van der Waals surface area (Å²) in [6, 6.07) is 6.99. The lowest BCUT2D eigenvalue weighted by atomic mass is 9.71. The number of pyridine rings is 1. The van der Waals surface area contributed by atoms with Gasteiger partial charge in [-0.3, -0.25) is 9.88 Å². The van der Waals surface area contributed by atoms with Crippen molar-refractivity contribution in [3.8, 4) is 5.75 Å². The second-order valence-electron chi connectivity index (χ2n) is 10.7. The van der Waals surface area contributed by atoms with E-state index in [1.165, 1.54) is 13.3 Å². The summed E-state index contributed by atoms with van der Waals surface area (Å²) in [5, 5.41) is 0.606. The number of hydrogen-bond acceptors (Lipinski definition) is 5. The van der Waals surface area contributed by atoms with Crippen LogP contribution in [0.3, 0.4) is 0 Å². The molecule has 3 fully saturated rings. The molecule has 0 aliphatic carbocycles. The lowest BCUT2D eigenvalue weighted by Gasteiger charge is -2.51. The third-order valence-corrected chi connectivity index (χ3v) is 10.1. The summed E-state index contributed by atoms with van der Waals surface area (Å²) in [5.74, 6) is -0.507. The Kier molecular flexibility index (Phi) is 7.60. The SMILES string of the molecule is C=CC1CN2CCC1C[C@H]2[C@@H](CS(=O)(=O)c1cc(C(F)(F)F)cc(C(F)(F)F)c1)c1ccnc2ccc(OC)cc12. The third kappa shape index (κ3) is 5.81. The monoisotopic (exact) mass is 598 g/mol. The Morgan fingerprint density at radius 3 is 2.32 bits per heavy atom. The van der Waals surface area contributed by atoms with Gasteiger partial charge < -0.3 is 4.74 Å². The molecule has 12 heteroatoms. The number of piperidine rings is 3. The van der Waals surface area contributed by atoms with Gasteiger partial charge >= 0.3 is 12.4 Å². The van der Waals surface area contributed by atoms with E-state index in [9.17, 15) is 34.8 Å². The highest BCUT2D eigenvalue weighted by molar-refractivity contribution is 7.91. The number of benzene rings is 2. The van der Waals surface area contributed by atoms with Gasteiger partial charge in [0.15, 0.2) is 9.84 Å². The summed E-state index contributed by atoms with van der Waals surface area (Å²) >= 11 is 0. The van der Waals surface area contributed by atoms with Crippen LogP contribution >= 0.6 is 0 Å². The first kappa shape index (κ1) is 29.4. The Hall–Kier alpha value is -3.12. The molecule has 220 valence electrons. The molecule has 0 radical (unpaired) electrons. The number of ether oxygens (including phenoxy) is 1. The van der Waals surface area contributed by atoms with Gasteiger partial charge in [0.2, 0.25) is 0 Å². The van der Waals surface area contributed by atoms with E-state index >= 15 is 0 Å². The minimum absolute atomic E-state index is 0.0691. The van der Waals surface area contributed by atoms with Crippen LogP contribution in [0.4, 0.5) is 26.3 Å². The van der Waals surface area contributed by atoms with E-state index < -0.39 is 49.9 Å². The van der Waals surface area contributed by atoms with Crippen LogP contribution in [0.25, 0.3) is 10.9 Å². The van der Waals surface area contributed by atoms with Crippen molar-refractivity contribution in [1.29, 1.82) is 0 Å². The molecule has 3 aromatic rings. The first-order valence-corrected chi connectivity index (χ1v) is 14.7. The first-order valence-electron chi connectivity index (χ1n) is 13.0. The van der Waals surface area contributed by atoms with Crippen LogP contribution < -0.4 is 4.74 Å². The molecule has 3 aliphatic rings. The smallest absolute Gasteiger partial charge is 0.416 e. The van der Waals surface area contributed by atoms with Crippen LogP contribution in [0.5, 0.6) is 5.75 Å². The zero-order valence-corrected chi connectivity index (χ0v) is 22.9. The van der Waals surface area contributed by atoms with E-state index in [0.29, 0.717) is 41.7 Å². The van der Waals surface area contributed by atoms with Gasteiger partial charge in [0.25, 0.3) is 0 Å². The van der Waals surface area contributed by atoms with Crippen molar-refractivity contribution in [3.63, 3.8) is 0 Å². The van der Waals surface area contributed by atoms with Crippen molar-refractivity contribution >= 4 is 20.7 Å². The number of nitrogens with zero attached hydrogens (tertiary/aromatic N) is 2. The van der Waals surface area contributed by atoms with Crippen LogP contribution in [0.2, 0.25) is 0 Å². The maximum Gasteiger partial charge on any atom is 0.416 e. The van der Waals surface area contributed by atoms with Gasteiger partial charge in [0.05, 0.1) is 34.4 Å². The Labute approximate surface area is 233 Å². The molecule has 1 aromatic heterocycles. The summed E-state index contributed by atoms with van der Waals surface area (Å²) in [7, 11) is -3.16. The standard InChI is InChI=1S/C29H28F6N2O3S/c1-3-17-15-37-9-7-18(17)10-27(37)25(23-6-8-36-26-5-4-21(40-2)14-24(23)26)16-41(38,39)22-12-19(28(30,31)32)11-20(13-22)29(33,34)35/h3-6,8,11-14,17-18,25,27H,1,7,9-10,15-16H2,2H3/t17?,18?,25-,27-/m0/s1. The van der Waals surface area contributed by atoms with E-state index in [1.807, 2.05) is 6.08 Å². The molecule has 41 heavy (non-hydrogen) atoms. The lowest BCUT2D eigenvalue weighted by Crippen LogP contribution is -2.55. The van der Waals surface area contributed by atoms with Crippen molar-refractivity contribution < 1.29 is 39.5 Å². The number of methoxy groups -OCH3 is 1. The molecule has 0 N–H and O–H groups in total. The molecule has 5 atom stereocenters. The number of rotatable bonds is 7. The maximum absolute atomic E-state index is 13.8. The third-order valence-electron chi connectivity index (χ3n) is 8.32. The number of halogens is 6. The summed E-state index contributed by atoms with van der Waals surface area (Å²) in [6.45, 7) is 5.26. The number of fused-ring (bicyclic) bond motifs is 4. The number of alkyl halides is 6. The minimum Gasteiger partial charge on any atom is -0.497 e. The Morgan fingerprint density at radius 1 is 1.07 bits per heavy atom. The highest BCUT2D eigenvalue weighted by Gasteiger charge is 2.45. The van der Waals surface area contributed by atoms with Crippen molar-refractivity contribution in [2.45, 2.75) is 42.0 Å². The first-order chi connectivity index (χ1) is 19.2. The van der Waals surface area contributed by atoms with Crippen LogP contribution in [0.1, 0.15) is 35.4 Å². The predicted octanol–water partition coefficient (Wildman–Crippen LogP) is 6.73. The molecule has 5 nitrogen and oxygen atoms in total. The molecule has 3 unspecified atom stereocenters. The molecule has 0 spiro atoms. The van der Waals surface area contributed by atoms with E-state index in [-0.39, 0.29) is 36.1 Å². The molecule has 3 aliphatic heterocycles. The van der Waals surface area contributed by atoms with Crippen molar-refractivity contribution in [2.75, 3.05) is 26.0 Å². The summed E-state index contributed by atoms with van der Waals surface area (Å²) < 4.78 is 114. The topological polar surface area (TPSA) is 59.5 Å². The fourth-order valence-corrected chi connectivity index (χ4v) is 7.92. The summed E-state index contributed by atoms with van der Waals surface area (Å²) in [4.78, 5) is 5.51. The van der Waals surface area contributed by atoms with Crippen LogP contribution in [0.15, 0.2) is 66.2 Å². The fraction of sp³-hybridized carbons (Fsp3) is 0.414. The van der Waals surface area contributed by atoms with E-state index in [1.54, 1.807) is 24.3 Å². The summed E-state index contributed by atoms with van der Waals surface area (Å²) in [5.41, 5.74) is -2.19. The zero-order chi connectivity index (χ0) is 29.7. The number of hydrogen-bond donors (Lipinski definition) is 0. The largest absolute Gasteiger partial charge is 0.497 e. The Balaban J connectivity index is 1.65. The number of sulfone groups is 1. The van der Waals surface area contributed by atoms with Crippen LogP contribution in [0, 0.1) is 11.8 Å². The lowest BCUT2D eigenvalue weighted by molar-refractivity contribution is -0.143. The molecule has 0 amide bonds. The average Bonchev–Trinajstić information content (AvgIpc) is 2.94. The summed E-state index contributed by atoms with van der Waals surface area (Å²) in [6.07, 6.45) is -5.43. The van der Waals surface area contributed by atoms with Gasteiger partial charge in [0, 0.05) is 30.1 Å². The van der Waals surface area contributed by atoms with Crippen molar-refractivity contribution in [2.24, 2.45) is 11.8 Å². The molecular weight excluding hydrogens is 570 g/mol. The molecule has 6 rings (SSSR count). The van der Waals surface area contributed by atoms with Gasteiger partial charge in [-0.1, -0.05) is 6.08 Å². The van der Waals surface area contributed by atoms with Gasteiger partial charge in [-0.25, -0.2) is 8.42 Å². The van der Waals surface area contributed by atoms with Gasteiger partial charge in [0.1, 0.15) is 5.75 Å². The van der Waals surface area contributed by atoms with E-state index in [4.69, 9.17) is 4.74 Å². The predicted molar refractivity (Wildman–Crippen MR) is 141 cm³/mol. The van der Waals surface area contributed by atoms with Gasteiger partial charge in [-0.05, 0) is 79.3 Å². The normalized spacial score (nSPS) is 23.9. The molecule has 2 bridgehead atoms. The van der Waals surface area contributed by atoms with Gasteiger partial charge in [-0.2, -0.15) is 26.3 Å². The quantitative estimate of drug-likeness (QED) is 0.223. The molecule has 4 heterocycles. The molecule has 3 saturated heterocycles. The van der Waals surface area contributed by atoms with Gasteiger partial charge in [-0.15, -0.1) is 6.58 Å². The average molecular weight is 599 g/mol. The van der Waals surface area contributed by atoms with Crippen LogP contribution in [-0.4, -0.2) is 50.3 Å². The van der Waals surface area contributed by atoms with Crippen molar-refractivity contribution in [3.05, 3.63) is 78.0 Å². The second kappa shape index (κ2) is 10.6. The van der Waals surface area contributed by atoms with E-state index in [0.717, 1.165) is 6.42 Å². The zero-order valence-electron chi connectivity index (χ0n) is 22.0. The highest BCUT2D eigenvalue weighted by Crippen LogP contribution is 2.45. The second-order valence-corrected chi connectivity index (χ2v) is 12.7. The van der Waals surface area contributed by atoms with E-state index in [2.05, 4.69) is 16.5 Å². The minimum atomic E-state index is -5.17. The van der Waals surface area contributed by atoms with Crippen LogP contribution in [-0.2, 0) is 22.2 Å². The Morgan fingerprint density at radius 2 is 1.76 bits per heavy atom. The molecule has 0 saturated carbocycles. The Bertz CT molecular complexity index is 1540. The highest BCUT2D eigenvalue weighted by atomic mass is 32.2. The maximum atomic E-state index is 13.8. The molecular formula is C29H28F6N2O3S. The fourth-order valence-electron chi connectivity index (χ4n) is 6.24. The van der Waals surface area contributed by atoms with Crippen molar-refractivity contribution in [1.82, 2.24) is 9.88 Å². The molecule has 2 aromatic carbocycles. The number of aromatic nitrogens is 1.